The molecule has 1 aromatic heterocycles. The maximum atomic E-state index is 5.32. The quantitative estimate of drug-likeness (QED) is 0.758. The molecular formula is C9H16N4O. The van der Waals surface area contributed by atoms with Crippen LogP contribution in [-0.4, -0.2) is 35.0 Å². The second kappa shape index (κ2) is 3.96. The molecule has 1 aliphatic rings. The molecule has 0 radical (unpaired) electrons. The van der Waals surface area contributed by atoms with Crippen molar-refractivity contribution in [3.63, 3.8) is 0 Å². The smallest absolute Gasteiger partial charge is 0.224 e. The molecule has 0 unspecified atom stereocenters. The fourth-order valence-corrected chi connectivity index (χ4v) is 1.87. The average molecular weight is 196 g/mol. The van der Waals surface area contributed by atoms with Gasteiger partial charge >= 0.3 is 0 Å². The molecule has 0 bridgehead atoms. The highest BCUT2D eigenvalue weighted by Crippen LogP contribution is 2.25. The molecule has 0 aromatic carbocycles. The molecule has 2 heterocycles. The molecule has 78 valence electrons. The van der Waals surface area contributed by atoms with Gasteiger partial charge in [-0.2, -0.15) is 0 Å². The van der Waals surface area contributed by atoms with Crippen LogP contribution in [0.25, 0.3) is 0 Å². The van der Waals surface area contributed by atoms with Crippen LogP contribution in [0.4, 0.5) is 5.95 Å². The predicted octanol–water partition coefficient (Wildman–Crippen LogP) is 0.751. The van der Waals surface area contributed by atoms with E-state index in [0.29, 0.717) is 5.92 Å². The fourth-order valence-electron chi connectivity index (χ4n) is 1.87. The molecule has 1 N–H and O–H groups in total. The second-order valence-electron chi connectivity index (χ2n) is 3.58. The average Bonchev–Trinajstić information content (AvgIpc) is 2.61. The molecule has 14 heavy (non-hydrogen) atoms. The summed E-state index contributed by atoms with van der Waals surface area (Å²) in [4.78, 5) is 0. The zero-order valence-corrected chi connectivity index (χ0v) is 8.66. The molecule has 0 aliphatic carbocycles. The number of hydrogen-bond acceptors (Lipinski definition) is 4. The molecule has 0 spiro atoms. The Morgan fingerprint density at radius 2 is 2.07 bits per heavy atom. The van der Waals surface area contributed by atoms with Crippen LogP contribution in [0.3, 0.4) is 0 Å². The third-order valence-electron chi connectivity index (χ3n) is 2.72. The van der Waals surface area contributed by atoms with Crippen LogP contribution in [0.5, 0.6) is 0 Å². The number of nitrogens with zero attached hydrogens (tertiary/aromatic N) is 3. The van der Waals surface area contributed by atoms with E-state index in [1.807, 2.05) is 18.7 Å². The van der Waals surface area contributed by atoms with Crippen molar-refractivity contribution in [2.75, 3.05) is 25.6 Å². The molecule has 1 aliphatic heterocycles. The Bertz CT molecular complexity index is 304. The number of ether oxygens (including phenoxy) is 1. The summed E-state index contributed by atoms with van der Waals surface area (Å²) in [6.45, 7) is 1.68. The highest BCUT2D eigenvalue weighted by molar-refractivity contribution is 5.24. The maximum Gasteiger partial charge on any atom is 0.224 e. The van der Waals surface area contributed by atoms with Crippen molar-refractivity contribution in [1.82, 2.24) is 14.8 Å². The first-order valence-corrected chi connectivity index (χ1v) is 4.97. The molecule has 2 rings (SSSR count). The zero-order chi connectivity index (χ0) is 9.97. The lowest BCUT2D eigenvalue weighted by Crippen LogP contribution is -2.17. The van der Waals surface area contributed by atoms with Crippen LogP contribution in [-0.2, 0) is 11.8 Å². The normalized spacial score (nSPS) is 18.4. The van der Waals surface area contributed by atoms with E-state index >= 15 is 0 Å². The monoisotopic (exact) mass is 196 g/mol. The van der Waals surface area contributed by atoms with E-state index in [1.54, 1.807) is 0 Å². The van der Waals surface area contributed by atoms with Gasteiger partial charge in [0.05, 0.1) is 0 Å². The summed E-state index contributed by atoms with van der Waals surface area (Å²) in [5, 5.41) is 11.3. The lowest BCUT2D eigenvalue weighted by Gasteiger charge is -2.20. The molecular weight excluding hydrogens is 180 g/mol. The zero-order valence-electron chi connectivity index (χ0n) is 8.66. The topological polar surface area (TPSA) is 52.0 Å². The van der Waals surface area contributed by atoms with Crippen LogP contribution in [0, 0.1) is 0 Å². The Balaban J connectivity index is 2.18. The Kier molecular flexibility index (Phi) is 2.67. The van der Waals surface area contributed by atoms with Crippen molar-refractivity contribution >= 4 is 5.95 Å². The summed E-state index contributed by atoms with van der Waals surface area (Å²) >= 11 is 0. The summed E-state index contributed by atoms with van der Waals surface area (Å²) in [5.74, 6) is 2.40. The Labute approximate surface area is 83.5 Å². The van der Waals surface area contributed by atoms with Gasteiger partial charge in [0.2, 0.25) is 5.95 Å². The number of rotatable bonds is 2. The van der Waals surface area contributed by atoms with Crippen LogP contribution in [0.1, 0.15) is 24.6 Å². The van der Waals surface area contributed by atoms with Crippen molar-refractivity contribution < 1.29 is 4.74 Å². The molecule has 0 amide bonds. The van der Waals surface area contributed by atoms with E-state index < -0.39 is 0 Å². The van der Waals surface area contributed by atoms with Crippen molar-refractivity contribution in [2.45, 2.75) is 18.8 Å². The van der Waals surface area contributed by atoms with Gasteiger partial charge in [-0.25, -0.2) is 0 Å². The van der Waals surface area contributed by atoms with E-state index in [9.17, 15) is 0 Å². The van der Waals surface area contributed by atoms with E-state index in [2.05, 4.69) is 15.5 Å². The third kappa shape index (κ3) is 1.59. The van der Waals surface area contributed by atoms with E-state index in [4.69, 9.17) is 4.74 Å². The summed E-state index contributed by atoms with van der Waals surface area (Å²) in [6.07, 6.45) is 2.10. The molecule has 0 saturated carbocycles. The highest BCUT2D eigenvalue weighted by Gasteiger charge is 2.21. The first-order valence-electron chi connectivity index (χ1n) is 4.97. The SMILES string of the molecule is CNc1nnc(C2CCOCC2)n1C. The lowest BCUT2D eigenvalue weighted by atomic mass is 10.00. The van der Waals surface area contributed by atoms with Gasteiger partial charge < -0.3 is 14.6 Å². The Morgan fingerprint density at radius 3 is 2.64 bits per heavy atom. The molecule has 5 heteroatoms. The second-order valence-corrected chi connectivity index (χ2v) is 3.58. The minimum atomic E-state index is 0.503. The molecule has 1 fully saturated rings. The molecule has 0 atom stereocenters. The van der Waals surface area contributed by atoms with Crippen LogP contribution in [0.15, 0.2) is 0 Å². The Hall–Kier alpha value is -1.10. The number of anilines is 1. The first-order chi connectivity index (χ1) is 6.83. The van der Waals surface area contributed by atoms with Crippen LogP contribution >= 0.6 is 0 Å². The minimum Gasteiger partial charge on any atom is -0.381 e. The van der Waals surface area contributed by atoms with Crippen molar-refractivity contribution in [3.8, 4) is 0 Å². The third-order valence-corrected chi connectivity index (χ3v) is 2.72. The summed E-state index contributed by atoms with van der Waals surface area (Å²) < 4.78 is 7.34. The Morgan fingerprint density at radius 1 is 1.36 bits per heavy atom. The first kappa shape index (κ1) is 9.45. The van der Waals surface area contributed by atoms with Gasteiger partial charge in [-0.1, -0.05) is 0 Å². The van der Waals surface area contributed by atoms with Crippen LogP contribution < -0.4 is 5.32 Å². The van der Waals surface area contributed by atoms with E-state index in [0.717, 1.165) is 37.8 Å². The largest absolute Gasteiger partial charge is 0.381 e. The number of hydrogen-bond donors (Lipinski definition) is 1. The molecule has 1 aromatic rings. The van der Waals surface area contributed by atoms with Crippen molar-refractivity contribution in [3.05, 3.63) is 5.82 Å². The standard InChI is InChI=1S/C9H16N4O/c1-10-9-12-11-8(13(9)2)7-3-5-14-6-4-7/h7H,3-6H2,1-2H3,(H,10,12). The van der Waals surface area contributed by atoms with Crippen LogP contribution in [0.2, 0.25) is 0 Å². The predicted molar refractivity (Wildman–Crippen MR) is 53.3 cm³/mol. The van der Waals surface area contributed by atoms with Gasteiger partial charge in [0.25, 0.3) is 0 Å². The van der Waals surface area contributed by atoms with Gasteiger partial charge in [0, 0.05) is 33.2 Å². The number of nitrogens with one attached hydrogen (secondary N) is 1. The molecule has 1 saturated heterocycles. The van der Waals surface area contributed by atoms with Gasteiger partial charge in [-0.3, -0.25) is 0 Å². The summed E-state index contributed by atoms with van der Waals surface area (Å²) in [5.41, 5.74) is 0. The van der Waals surface area contributed by atoms with Crippen molar-refractivity contribution in [1.29, 1.82) is 0 Å². The number of aromatic nitrogens is 3. The minimum absolute atomic E-state index is 0.503. The van der Waals surface area contributed by atoms with Gasteiger partial charge in [-0.15, -0.1) is 10.2 Å². The van der Waals surface area contributed by atoms with Gasteiger partial charge in [-0.05, 0) is 12.8 Å². The highest BCUT2D eigenvalue weighted by atomic mass is 16.5. The maximum absolute atomic E-state index is 5.32. The lowest BCUT2D eigenvalue weighted by molar-refractivity contribution is 0.0830. The van der Waals surface area contributed by atoms with Gasteiger partial charge in [0.1, 0.15) is 5.82 Å². The summed E-state index contributed by atoms with van der Waals surface area (Å²) in [6, 6.07) is 0. The molecule has 5 nitrogen and oxygen atoms in total. The van der Waals surface area contributed by atoms with E-state index in [-0.39, 0.29) is 0 Å². The van der Waals surface area contributed by atoms with Crippen molar-refractivity contribution in [2.24, 2.45) is 7.05 Å². The fraction of sp³-hybridized carbons (Fsp3) is 0.778. The van der Waals surface area contributed by atoms with Gasteiger partial charge in [0.15, 0.2) is 0 Å². The summed E-state index contributed by atoms with van der Waals surface area (Å²) in [7, 11) is 3.86. The van der Waals surface area contributed by atoms with E-state index in [1.165, 1.54) is 0 Å².